The van der Waals surface area contributed by atoms with Gasteiger partial charge in [-0.1, -0.05) is 90.5 Å². The van der Waals surface area contributed by atoms with Gasteiger partial charge in [0.05, 0.1) is 0 Å². The van der Waals surface area contributed by atoms with Crippen molar-refractivity contribution < 1.29 is 4.42 Å². The van der Waals surface area contributed by atoms with Gasteiger partial charge in [0.25, 0.3) is 0 Å². The molecule has 0 bridgehead atoms. The summed E-state index contributed by atoms with van der Waals surface area (Å²) in [6.07, 6.45) is 0. The second-order valence-corrected chi connectivity index (χ2v) is 8.27. The van der Waals surface area contributed by atoms with Crippen LogP contribution in [-0.4, -0.2) is 0 Å². The lowest BCUT2D eigenvalue weighted by Gasteiger charge is -2.08. The summed E-state index contributed by atoms with van der Waals surface area (Å²) in [4.78, 5) is 0. The summed E-state index contributed by atoms with van der Waals surface area (Å²) in [6.45, 7) is 0. The van der Waals surface area contributed by atoms with Crippen LogP contribution in [0, 0.1) is 6.07 Å². The minimum atomic E-state index is 0.729. The molecule has 0 saturated heterocycles. The number of halogens is 1. The van der Waals surface area contributed by atoms with Crippen molar-refractivity contribution in [1.82, 2.24) is 0 Å². The summed E-state index contributed by atoms with van der Waals surface area (Å²) in [5.74, 6) is 0. The Bertz CT molecular complexity index is 1550. The van der Waals surface area contributed by atoms with E-state index in [4.69, 9.17) is 16.0 Å². The molecule has 6 rings (SSSR count). The van der Waals surface area contributed by atoms with Gasteiger partial charge in [-0.15, -0.1) is 0 Å². The van der Waals surface area contributed by atoms with Crippen LogP contribution in [0.25, 0.3) is 55.3 Å². The SMILES string of the molecule is Clc1ccc(-c2cc(-c3ccccc3)c3oc4c(-c5ccccc5)cc[c]c4c3c2)cc1. The number of rotatable bonds is 3. The summed E-state index contributed by atoms with van der Waals surface area (Å²) in [6, 6.07) is 40.6. The largest absolute Gasteiger partial charge is 0.455 e. The molecule has 0 aliphatic carbocycles. The van der Waals surface area contributed by atoms with E-state index in [0.29, 0.717) is 0 Å². The molecule has 5 aromatic carbocycles. The fraction of sp³-hybridized carbons (Fsp3) is 0. The molecule has 151 valence electrons. The molecule has 0 unspecified atom stereocenters. The Hall–Kier alpha value is -3.81. The number of fused-ring (bicyclic) bond motifs is 3. The number of furan rings is 1. The minimum absolute atomic E-state index is 0.729. The van der Waals surface area contributed by atoms with Gasteiger partial charge >= 0.3 is 0 Å². The van der Waals surface area contributed by atoms with Crippen LogP contribution in [0.15, 0.2) is 114 Å². The molecule has 1 aromatic heterocycles. The van der Waals surface area contributed by atoms with Gasteiger partial charge in [-0.2, -0.15) is 0 Å². The second kappa shape index (κ2) is 7.71. The van der Waals surface area contributed by atoms with E-state index in [0.717, 1.165) is 60.3 Å². The molecule has 1 heterocycles. The average Bonchev–Trinajstić information content (AvgIpc) is 3.24. The molecule has 0 atom stereocenters. The van der Waals surface area contributed by atoms with E-state index in [2.05, 4.69) is 84.9 Å². The van der Waals surface area contributed by atoms with Gasteiger partial charge in [0.2, 0.25) is 0 Å². The molecule has 0 fully saturated rings. The van der Waals surface area contributed by atoms with Crippen molar-refractivity contribution in [3.8, 4) is 33.4 Å². The zero-order valence-corrected chi connectivity index (χ0v) is 17.9. The van der Waals surface area contributed by atoms with Gasteiger partial charge < -0.3 is 4.42 Å². The number of hydrogen-bond acceptors (Lipinski definition) is 1. The third kappa shape index (κ3) is 3.19. The molecular weight excluding hydrogens is 412 g/mol. The first-order valence-corrected chi connectivity index (χ1v) is 10.9. The lowest BCUT2D eigenvalue weighted by Crippen LogP contribution is -1.83. The van der Waals surface area contributed by atoms with Crippen LogP contribution in [0.2, 0.25) is 5.02 Å². The zero-order chi connectivity index (χ0) is 21.5. The van der Waals surface area contributed by atoms with E-state index in [-0.39, 0.29) is 0 Å². The molecule has 6 aromatic rings. The van der Waals surface area contributed by atoms with Crippen molar-refractivity contribution in [2.24, 2.45) is 0 Å². The molecule has 0 amide bonds. The molecular formula is C30H18ClO. The summed E-state index contributed by atoms with van der Waals surface area (Å²) in [5.41, 5.74) is 8.36. The van der Waals surface area contributed by atoms with Gasteiger partial charge in [-0.3, -0.25) is 0 Å². The van der Waals surface area contributed by atoms with Gasteiger partial charge in [0.15, 0.2) is 0 Å². The van der Waals surface area contributed by atoms with Crippen LogP contribution in [0.1, 0.15) is 0 Å². The van der Waals surface area contributed by atoms with E-state index in [9.17, 15) is 0 Å². The van der Waals surface area contributed by atoms with Gasteiger partial charge in [0.1, 0.15) is 11.2 Å². The zero-order valence-electron chi connectivity index (χ0n) is 17.2. The standard InChI is InChI=1S/C30H18ClO/c31-24-16-14-20(15-17-24)23-18-27(22-10-5-2-6-11-22)30-28(19-23)26-13-7-12-25(29(26)32-30)21-8-3-1-4-9-21/h1-12,14-19H. The van der Waals surface area contributed by atoms with Gasteiger partial charge in [-0.05, 0) is 58.7 Å². The van der Waals surface area contributed by atoms with E-state index >= 15 is 0 Å². The highest BCUT2D eigenvalue weighted by atomic mass is 35.5. The second-order valence-electron chi connectivity index (χ2n) is 7.84. The number of benzene rings is 5. The molecule has 0 N–H and O–H groups in total. The van der Waals surface area contributed by atoms with Crippen LogP contribution in [0.3, 0.4) is 0 Å². The van der Waals surface area contributed by atoms with E-state index in [1.165, 1.54) is 0 Å². The average molecular weight is 430 g/mol. The first kappa shape index (κ1) is 18.9. The quantitative estimate of drug-likeness (QED) is 0.273. The Kier molecular flexibility index (Phi) is 4.56. The normalized spacial score (nSPS) is 11.3. The van der Waals surface area contributed by atoms with E-state index < -0.39 is 0 Å². The minimum Gasteiger partial charge on any atom is -0.455 e. The maximum atomic E-state index is 6.58. The third-order valence-electron chi connectivity index (χ3n) is 5.86. The molecule has 2 heteroatoms. The van der Waals surface area contributed by atoms with Crippen molar-refractivity contribution in [2.45, 2.75) is 0 Å². The fourth-order valence-corrected chi connectivity index (χ4v) is 4.43. The highest BCUT2D eigenvalue weighted by molar-refractivity contribution is 6.30. The highest BCUT2D eigenvalue weighted by Crippen LogP contribution is 2.42. The topological polar surface area (TPSA) is 13.1 Å². The van der Waals surface area contributed by atoms with E-state index in [1.807, 2.05) is 30.3 Å². The Morgan fingerprint density at radius 2 is 1.22 bits per heavy atom. The molecule has 0 spiro atoms. The molecule has 1 radical (unpaired) electrons. The van der Waals surface area contributed by atoms with Crippen LogP contribution in [0.4, 0.5) is 0 Å². The maximum absolute atomic E-state index is 6.58. The fourth-order valence-electron chi connectivity index (χ4n) is 4.30. The van der Waals surface area contributed by atoms with Gasteiger partial charge in [-0.25, -0.2) is 0 Å². The maximum Gasteiger partial charge on any atom is 0.143 e. The van der Waals surface area contributed by atoms with Crippen LogP contribution < -0.4 is 0 Å². The summed E-state index contributed by atoms with van der Waals surface area (Å²) in [7, 11) is 0. The lowest BCUT2D eigenvalue weighted by molar-refractivity contribution is 0.671. The molecule has 0 aliphatic heterocycles. The van der Waals surface area contributed by atoms with Crippen molar-refractivity contribution >= 4 is 33.5 Å². The predicted octanol–water partition coefficient (Wildman–Crippen LogP) is 9.04. The summed E-state index contributed by atoms with van der Waals surface area (Å²) >= 11 is 6.14. The smallest absolute Gasteiger partial charge is 0.143 e. The summed E-state index contributed by atoms with van der Waals surface area (Å²) in [5, 5.41) is 2.78. The first-order chi connectivity index (χ1) is 15.8. The first-order valence-electron chi connectivity index (χ1n) is 10.6. The highest BCUT2D eigenvalue weighted by Gasteiger charge is 2.17. The van der Waals surface area contributed by atoms with Crippen molar-refractivity contribution in [3.63, 3.8) is 0 Å². The molecule has 0 saturated carbocycles. The molecule has 1 nitrogen and oxygen atoms in total. The van der Waals surface area contributed by atoms with E-state index in [1.54, 1.807) is 0 Å². The Labute approximate surface area is 191 Å². The van der Waals surface area contributed by atoms with Crippen LogP contribution in [0.5, 0.6) is 0 Å². The lowest BCUT2D eigenvalue weighted by atomic mass is 9.95. The van der Waals surface area contributed by atoms with Crippen molar-refractivity contribution in [1.29, 1.82) is 0 Å². The number of hydrogen-bond donors (Lipinski definition) is 0. The summed E-state index contributed by atoms with van der Waals surface area (Å²) < 4.78 is 6.58. The molecule has 32 heavy (non-hydrogen) atoms. The van der Waals surface area contributed by atoms with Crippen molar-refractivity contribution in [3.05, 3.63) is 120 Å². The monoisotopic (exact) mass is 429 g/mol. The third-order valence-corrected chi connectivity index (χ3v) is 6.11. The molecule has 0 aliphatic rings. The Morgan fingerprint density at radius 1 is 0.562 bits per heavy atom. The van der Waals surface area contributed by atoms with Gasteiger partial charge in [0, 0.05) is 26.9 Å². The Morgan fingerprint density at radius 3 is 1.91 bits per heavy atom. The predicted molar refractivity (Wildman–Crippen MR) is 134 cm³/mol. The van der Waals surface area contributed by atoms with Crippen LogP contribution >= 0.6 is 11.6 Å². The van der Waals surface area contributed by atoms with Crippen LogP contribution in [-0.2, 0) is 0 Å². The Balaban J connectivity index is 1.69. The van der Waals surface area contributed by atoms with Crippen molar-refractivity contribution in [2.75, 3.05) is 0 Å².